The second-order valence-corrected chi connectivity index (χ2v) is 4.70. The van der Waals surface area contributed by atoms with E-state index in [1.165, 1.54) is 16.6 Å². The largest absolute Gasteiger partial charge is 0.353 e. The smallest absolute Gasteiger partial charge is 0.241 e. The molecule has 0 bridgehead atoms. The van der Waals surface area contributed by atoms with Gasteiger partial charge >= 0.3 is 0 Å². The molecule has 0 aliphatic carbocycles. The molecule has 1 N–H and O–H groups in total. The highest BCUT2D eigenvalue weighted by atomic mass is 16.2. The molecule has 0 aliphatic heterocycles. The lowest BCUT2D eigenvalue weighted by atomic mass is 10.1. The number of aromatic nitrogens is 4. The van der Waals surface area contributed by atoms with Gasteiger partial charge in [0.25, 0.3) is 0 Å². The van der Waals surface area contributed by atoms with Crippen LogP contribution >= 0.6 is 0 Å². The molecule has 2 rings (SSSR count). The van der Waals surface area contributed by atoms with Crippen molar-refractivity contribution in [3.8, 4) is 0 Å². The summed E-state index contributed by atoms with van der Waals surface area (Å²) in [6.45, 7) is 0.667. The van der Waals surface area contributed by atoms with Gasteiger partial charge in [-0.3, -0.25) is 4.79 Å². The first-order chi connectivity index (χ1) is 9.66. The molecule has 0 saturated heterocycles. The first-order valence-electron chi connectivity index (χ1n) is 6.35. The monoisotopic (exact) mass is 274 g/mol. The van der Waals surface area contributed by atoms with Crippen LogP contribution in [-0.2, 0) is 11.3 Å². The van der Waals surface area contributed by atoms with Crippen molar-refractivity contribution in [1.29, 1.82) is 0 Å². The normalized spacial score (nSPS) is 12.3. The summed E-state index contributed by atoms with van der Waals surface area (Å²) in [6, 6.07) is 10.2. The summed E-state index contributed by atoms with van der Waals surface area (Å²) in [5, 5.41) is 13.5. The molecular weight excluding hydrogens is 256 g/mol. The number of amides is 1. The highest BCUT2D eigenvalue weighted by Crippen LogP contribution is 2.16. The summed E-state index contributed by atoms with van der Waals surface area (Å²) < 4.78 is 1.39. The molecule has 1 atom stereocenters. The summed E-state index contributed by atoms with van der Waals surface area (Å²) in [5.41, 5.74) is 1.17. The van der Waals surface area contributed by atoms with Crippen molar-refractivity contribution >= 4 is 5.91 Å². The number of nitrogens with zero attached hydrogens (tertiary/aromatic N) is 5. The van der Waals surface area contributed by atoms with Crippen molar-refractivity contribution in [2.75, 3.05) is 20.6 Å². The van der Waals surface area contributed by atoms with Crippen molar-refractivity contribution in [3.63, 3.8) is 0 Å². The van der Waals surface area contributed by atoms with Gasteiger partial charge in [0.2, 0.25) is 5.91 Å². The molecule has 1 aromatic heterocycles. The molecule has 0 spiro atoms. The SMILES string of the molecule is CN(C)C(CNC(=O)Cn1cnnn1)c1ccccc1. The Bertz CT molecular complexity index is 525. The van der Waals surface area contributed by atoms with E-state index in [9.17, 15) is 4.79 Å². The van der Waals surface area contributed by atoms with E-state index >= 15 is 0 Å². The van der Waals surface area contributed by atoms with Gasteiger partial charge in [0, 0.05) is 6.54 Å². The fourth-order valence-electron chi connectivity index (χ4n) is 1.94. The molecule has 2 aromatic rings. The van der Waals surface area contributed by atoms with Gasteiger partial charge in [0.05, 0.1) is 6.04 Å². The molecule has 7 nitrogen and oxygen atoms in total. The quantitative estimate of drug-likeness (QED) is 0.808. The molecule has 1 amide bonds. The number of benzene rings is 1. The Labute approximate surface area is 117 Å². The minimum absolute atomic E-state index is 0.111. The molecule has 0 saturated carbocycles. The summed E-state index contributed by atoms with van der Waals surface area (Å²) in [6.07, 6.45) is 1.42. The second-order valence-electron chi connectivity index (χ2n) is 4.70. The zero-order chi connectivity index (χ0) is 14.4. The van der Waals surface area contributed by atoms with Crippen molar-refractivity contribution in [2.24, 2.45) is 0 Å². The topological polar surface area (TPSA) is 75.9 Å². The van der Waals surface area contributed by atoms with Gasteiger partial charge in [-0.1, -0.05) is 30.3 Å². The molecule has 0 fully saturated rings. The Hall–Kier alpha value is -2.28. The number of carbonyl (C=O) groups is 1. The molecule has 0 radical (unpaired) electrons. The van der Waals surface area contributed by atoms with Gasteiger partial charge < -0.3 is 10.2 Å². The molecule has 7 heteroatoms. The van der Waals surface area contributed by atoms with Crippen LogP contribution in [0.5, 0.6) is 0 Å². The predicted octanol–water partition coefficient (Wildman–Crippen LogP) is 0.0922. The lowest BCUT2D eigenvalue weighted by Crippen LogP contribution is -2.36. The van der Waals surface area contributed by atoms with Crippen LogP contribution in [0.4, 0.5) is 0 Å². The number of carbonyl (C=O) groups excluding carboxylic acids is 1. The van der Waals surface area contributed by atoms with Crippen LogP contribution in [0.2, 0.25) is 0 Å². The average Bonchev–Trinajstić information content (AvgIpc) is 2.92. The Balaban J connectivity index is 1.91. The minimum Gasteiger partial charge on any atom is -0.353 e. The highest BCUT2D eigenvalue weighted by Gasteiger charge is 2.15. The van der Waals surface area contributed by atoms with Crippen molar-refractivity contribution in [3.05, 3.63) is 42.2 Å². The van der Waals surface area contributed by atoms with Crippen LogP contribution in [-0.4, -0.2) is 51.7 Å². The molecule has 0 aliphatic rings. The molecule has 106 valence electrons. The van der Waals surface area contributed by atoms with Crippen LogP contribution in [0.25, 0.3) is 0 Å². The van der Waals surface area contributed by atoms with Crippen molar-refractivity contribution in [1.82, 2.24) is 30.4 Å². The van der Waals surface area contributed by atoms with Crippen LogP contribution in [0.15, 0.2) is 36.7 Å². The molecule has 1 aromatic carbocycles. The maximum atomic E-state index is 11.8. The lowest BCUT2D eigenvalue weighted by molar-refractivity contribution is -0.122. The zero-order valence-corrected chi connectivity index (χ0v) is 11.6. The molecular formula is C13H18N6O. The summed E-state index contributed by atoms with van der Waals surface area (Å²) >= 11 is 0. The Morgan fingerprint density at radius 2 is 2.10 bits per heavy atom. The van der Waals surface area contributed by atoms with E-state index in [4.69, 9.17) is 0 Å². The molecule has 1 heterocycles. The van der Waals surface area contributed by atoms with Gasteiger partial charge in [0.1, 0.15) is 12.9 Å². The minimum atomic E-state index is -0.111. The van der Waals surface area contributed by atoms with Crippen LogP contribution in [0.1, 0.15) is 11.6 Å². The van der Waals surface area contributed by atoms with Gasteiger partial charge in [-0.05, 0) is 30.1 Å². The Kier molecular flexibility index (Phi) is 4.78. The maximum Gasteiger partial charge on any atom is 0.241 e. The average molecular weight is 274 g/mol. The Morgan fingerprint density at radius 3 is 2.70 bits per heavy atom. The van der Waals surface area contributed by atoms with Crippen LogP contribution < -0.4 is 5.32 Å². The van der Waals surface area contributed by atoms with Gasteiger partial charge in [-0.15, -0.1) is 5.10 Å². The maximum absolute atomic E-state index is 11.8. The third kappa shape index (κ3) is 3.86. The van der Waals surface area contributed by atoms with E-state index < -0.39 is 0 Å². The number of tetrazole rings is 1. The number of hydrogen-bond acceptors (Lipinski definition) is 5. The predicted molar refractivity (Wildman–Crippen MR) is 73.7 cm³/mol. The molecule has 20 heavy (non-hydrogen) atoms. The summed E-state index contributed by atoms with van der Waals surface area (Å²) in [7, 11) is 3.98. The van der Waals surface area contributed by atoms with Crippen molar-refractivity contribution in [2.45, 2.75) is 12.6 Å². The van der Waals surface area contributed by atoms with E-state index in [1.54, 1.807) is 0 Å². The van der Waals surface area contributed by atoms with Gasteiger partial charge in [-0.25, -0.2) is 4.68 Å². The third-order valence-electron chi connectivity index (χ3n) is 3.00. The number of hydrogen-bond donors (Lipinski definition) is 1. The van der Waals surface area contributed by atoms with Gasteiger partial charge in [-0.2, -0.15) is 0 Å². The fraction of sp³-hybridized carbons (Fsp3) is 0.385. The lowest BCUT2D eigenvalue weighted by Gasteiger charge is -2.25. The summed E-state index contributed by atoms with van der Waals surface area (Å²) in [4.78, 5) is 13.9. The highest BCUT2D eigenvalue weighted by molar-refractivity contribution is 5.75. The van der Waals surface area contributed by atoms with E-state index in [0.717, 1.165) is 0 Å². The number of nitrogens with one attached hydrogen (secondary N) is 1. The number of likely N-dealkylation sites (N-methyl/N-ethyl adjacent to an activating group) is 1. The van der Waals surface area contributed by atoms with E-state index in [-0.39, 0.29) is 18.5 Å². The first-order valence-corrected chi connectivity index (χ1v) is 6.35. The van der Waals surface area contributed by atoms with Crippen molar-refractivity contribution < 1.29 is 4.79 Å². The zero-order valence-electron chi connectivity index (χ0n) is 11.6. The van der Waals surface area contributed by atoms with Crippen LogP contribution in [0, 0.1) is 0 Å². The molecule has 1 unspecified atom stereocenters. The van der Waals surface area contributed by atoms with E-state index in [0.29, 0.717) is 6.54 Å². The summed E-state index contributed by atoms with van der Waals surface area (Å²) in [5.74, 6) is -0.111. The van der Waals surface area contributed by atoms with Crippen LogP contribution in [0.3, 0.4) is 0 Å². The Morgan fingerprint density at radius 1 is 1.35 bits per heavy atom. The second kappa shape index (κ2) is 6.76. The number of rotatable bonds is 6. The standard InChI is InChI=1S/C13H18N6O/c1-18(2)12(11-6-4-3-5-7-11)8-14-13(20)9-19-10-15-16-17-19/h3-7,10,12H,8-9H2,1-2H3,(H,14,20). The van der Waals surface area contributed by atoms with E-state index in [2.05, 4.69) is 37.9 Å². The fourth-order valence-corrected chi connectivity index (χ4v) is 1.94. The van der Waals surface area contributed by atoms with Gasteiger partial charge in [0.15, 0.2) is 0 Å². The first kappa shape index (κ1) is 14.1. The van der Waals surface area contributed by atoms with E-state index in [1.807, 2.05) is 32.3 Å². The third-order valence-corrected chi connectivity index (χ3v) is 3.00.